The zero-order chi connectivity index (χ0) is 17.6. The molecule has 0 aliphatic carbocycles. The fraction of sp³-hybridized carbons (Fsp3) is 0.500. The highest BCUT2D eigenvalue weighted by molar-refractivity contribution is 6.30. The van der Waals surface area contributed by atoms with Gasteiger partial charge in [-0.1, -0.05) is 23.7 Å². The average Bonchev–Trinajstić information content (AvgIpc) is 3.09. The first-order valence-electron chi connectivity index (χ1n) is 8.77. The Labute approximate surface area is 153 Å². The fourth-order valence-corrected chi connectivity index (χ4v) is 2.95. The first-order valence-corrected chi connectivity index (χ1v) is 9.15. The second-order valence-electron chi connectivity index (χ2n) is 6.36. The lowest BCUT2D eigenvalue weighted by atomic mass is 10.00. The third-order valence-electron chi connectivity index (χ3n) is 4.35. The summed E-state index contributed by atoms with van der Waals surface area (Å²) < 4.78 is 5.33. The molecular formula is C18H24ClN5O. The summed E-state index contributed by atoms with van der Waals surface area (Å²) in [6.07, 6.45) is 2.40. The van der Waals surface area contributed by atoms with Crippen molar-refractivity contribution in [1.29, 1.82) is 0 Å². The Bertz CT molecular complexity index is 705. The summed E-state index contributed by atoms with van der Waals surface area (Å²) in [4.78, 5) is 11.4. The summed E-state index contributed by atoms with van der Waals surface area (Å²) in [5.41, 5.74) is 0.875. The van der Waals surface area contributed by atoms with Crippen molar-refractivity contribution in [2.24, 2.45) is 10.9 Å². The van der Waals surface area contributed by atoms with Crippen molar-refractivity contribution in [3.8, 4) is 11.4 Å². The third-order valence-corrected chi connectivity index (χ3v) is 4.60. The minimum atomic E-state index is 0.370. The summed E-state index contributed by atoms with van der Waals surface area (Å²) in [5, 5.41) is 8.07. The Kier molecular flexibility index (Phi) is 5.91. The summed E-state index contributed by atoms with van der Waals surface area (Å²) >= 11 is 5.91. The molecule has 1 aliphatic rings. The van der Waals surface area contributed by atoms with Crippen LogP contribution < -0.4 is 5.32 Å². The van der Waals surface area contributed by atoms with Crippen molar-refractivity contribution in [3.63, 3.8) is 0 Å². The molecule has 1 aliphatic heterocycles. The van der Waals surface area contributed by atoms with Crippen molar-refractivity contribution in [2.75, 3.05) is 19.6 Å². The van der Waals surface area contributed by atoms with Gasteiger partial charge in [0.1, 0.15) is 6.54 Å². The fourth-order valence-electron chi connectivity index (χ4n) is 2.82. The van der Waals surface area contributed by atoms with Crippen LogP contribution in [0.25, 0.3) is 11.4 Å². The lowest BCUT2D eigenvalue weighted by molar-refractivity contribution is 0.273. The molecule has 0 saturated carbocycles. The molecule has 0 spiro atoms. The van der Waals surface area contributed by atoms with Gasteiger partial charge in [0.15, 0.2) is 5.96 Å². The van der Waals surface area contributed by atoms with E-state index in [1.165, 1.54) is 12.8 Å². The van der Waals surface area contributed by atoms with Crippen LogP contribution in [0.4, 0.5) is 0 Å². The number of aromatic nitrogens is 2. The van der Waals surface area contributed by atoms with Gasteiger partial charge in [0, 0.05) is 30.2 Å². The minimum Gasteiger partial charge on any atom is -0.357 e. The van der Waals surface area contributed by atoms with Crippen molar-refractivity contribution < 1.29 is 4.52 Å². The number of hydrogen-bond acceptors (Lipinski definition) is 4. The van der Waals surface area contributed by atoms with Crippen LogP contribution in [0.1, 0.15) is 32.6 Å². The normalized spacial score (nSPS) is 16.3. The summed E-state index contributed by atoms with van der Waals surface area (Å²) in [7, 11) is 0. The van der Waals surface area contributed by atoms with Crippen LogP contribution in [0.2, 0.25) is 5.02 Å². The number of nitrogens with zero attached hydrogens (tertiary/aromatic N) is 4. The molecule has 2 aromatic rings. The maximum atomic E-state index is 5.91. The molecular weight excluding hydrogens is 338 g/mol. The first-order chi connectivity index (χ1) is 12.2. The van der Waals surface area contributed by atoms with E-state index < -0.39 is 0 Å². The number of benzene rings is 1. The molecule has 1 aromatic heterocycles. The molecule has 6 nitrogen and oxygen atoms in total. The number of nitrogens with one attached hydrogen (secondary N) is 1. The molecule has 0 bridgehead atoms. The topological polar surface area (TPSA) is 66.5 Å². The van der Waals surface area contributed by atoms with E-state index in [4.69, 9.17) is 16.1 Å². The van der Waals surface area contributed by atoms with Crippen molar-refractivity contribution in [3.05, 3.63) is 35.2 Å². The number of hydrogen-bond donors (Lipinski definition) is 1. The number of likely N-dealkylation sites (tertiary alicyclic amines) is 1. The number of guanidine groups is 1. The zero-order valence-electron chi connectivity index (χ0n) is 14.7. The van der Waals surface area contributed by atoms with Gasteiger partial charge < -0.3 is 14.7 Å². The Morgan fingerprint density at radius 3 is 2.72 bits per heavy atom. The first kappa shape index (κ1) is 17.7. The van der Waals surface area contributed by atoms with Crippen molar-refractivity contribution in [1.82, 2.24) is 20.4 Å². The van der Waals surface area contributed by atoms with Crippen LogP contribution in [-0.4, -0.2) is 40.6 Å². The van der Waals surface area contributed by atoms with Crippen molar-refractivity contribution in [2.45, 2.75) is 33.2 Å². The maximum Gasteiger partial charge on any atom is 0.248 e. The highest BCUT2D eigenvalue weighted by atomic mass is 35.5. The molecule has 134 valence electrons. The molecule has 1 fully saturated rings. The largest absolute Gasteiger partial charge is 0.357 e. The maximum absolute atomic E-state index is 5.91. The minimum absolute atomic E-state index is 0.370. The molecule has 3 rings (SSSR count). The number of halogens is 1. The van der Waals surface area contributed by atoms with E-state index in [2.05, 4.69) is 39.2 Å². The molecule has 0 atom stereocenters. The van der Waals surface area contributed by atoms with Crippen LogP contribution in [-0.2, 0) is 6.54 Å². The molecule has 7 heteroatoms. The Morgan fingerprint density at radius 2 is 2.04 bits per heavy atom. The van der Waals surface area contributed by atoms with Gasteiger partial charge in [-0.3, -0.25) is 0 Å². The quantitative estimate of drug-likeness (QED) is 0.665. The predicted octanol–water partition coefficient (Wildman–Crippen LogP) is 3.59. The second kappa shape index (κ2) is 8.34. The molecule has 0 amide bonds. The van der Waals surface area contributed by atoms with E-state index >= 15 is 0 Å². The van der Waals surface area contributed by atoms with Crippen LogP contribution in [0.3, 0.4) is 0 Å². The van der Waals surface area contributed by atoms with Crippen LogP contribution in [0.15, 0.2) is 33.8 Å². The molecule has 0 unspecified atom stereocenters. The molecule has 25 heavy (non-hydrogen) atoms. The SMILES string of the molecule is CCNC(=NCc1nc(-c2ccc(Cl)cc2)no1)N1CCC(C)CC1. The van der Waals surface area contributed by atoms with Crippen LogP contribution in [0, 0.1) is 5.92 Å². The second-order valence-corrected chi connectivity index (χ2v) is 6.79. The Balaban J connectivity index is 1.67. The predicted molar refractivity (Wildman–Crippen MR) is 99.5 cm³/mol. The van der Waals surface area contributed by atoms with Gasteiger partial charge in [-0.15, -0.1) is 0 Å². The standard InChI is InChI=1S/C18H24ClN5O/c1-3-20-18(24-10-8-13(2)9-11-24)21-12-16-22-17(23-25-16)14-4-6-15(19)7-5-14/h4-7,13H,3,8-12H2,1-2H3,(H,20,21). The van der Waals surface area contributed by atoms with Crippen molar-refractivity contribution >= 4 is 17.6 Å². The Hall–Kier alpha value is -2.08. The molecule has 1 aromatic carbocycles. The van der Waals surface area contributed by atoms with E-state index in [-0.39, 0.29) is 0 Å². The summed E-state index contributed by atoms with van der Waals surface area (Å²) in [6, 6.07) is 7.37. The van der Waals surface area contributed by atoms with Gasteiger partial charge in [0.05, 0.1) is 0 Å². The van der Waals surface area contributed by atoms with Gasteiger partial charge in [0.2, 0.25) is 11.7 Å². The van der Waals surface area contributed by atoms with Gasteiger partial charge in [0.25, 0.3) is 0 Å². The smallest absolute Gasteiger partial charge is 0.248 e. The van der Waals surface area contributed by atoms with E-state index in [0.717, 1.165) is 37.1 Å². The van der Waals surface area contributed by atoms with E-state index in [9.17, 15) is 0 Å². The van der Waals surface area contributed by atoms with Gasteiger partial charge >= 0.3 is 0 Å². The number of piperidine rings is 1. The third kappa shape index (κ3) is 4.72. The zero-order valence-corrected chi connectivity index (χ0v) is 15.5. The van der Waals surface area contributed by atoms with Gasteiger partial charge in [-0.05, 0) is 49.9 Å². The van der Waals surface area contributed by atoms with Gasteiger partial charge in [-0.2, -0.15) is 4.98 Å². The van der Waals surface area contributed by atoms with E-state index in [1.807, 2.05) is 24.3 Å². The van der Waals surface area contributed by atoms with Gasteiger partial charge in [-0.25, -0.2) is 4.99 Å². The number of aliphatic imine (C=N–C) groups is 1. The molecule has 1 N–H and O–H groups in total. The molecule has 2 heterocycles. The van der Waals surface area contributed by atoms with E-state index in [1.54, 1.807) is 0 Å². The molecule has 1 saturated heterocycles. The average molecular weight is 362 g/mol. The highest BCUT2D eigenvalue weighted by Crippen LogP contribution is 2.19. The summed E-state index contributed by atoms with van der Waals surface area (Å²) in [5.74, 6) is 2.77. The lowest BCUT2D eigenvalue weighted by Crippen LogP contribution is -2.45. The number of rotatable bonds is 4. The van der Waals surface area contributed by atoms with E-state index in [0.29, 0.717) is 23.3 Å². The highest BCUT2D eigenvalue weighted by Gasteiger charge is 2.18. The summed E-state index contributed by atoms with van der Waals surface area (Å²) in [6.45, 7) is 7.66. The molecule has 0 radical (unpaired) electrons. The van der Waals surface area contributed by atoms with Crippen LogP contribution >= 0.6 is 11.6 Å². The monoisotopic (exact) mass is 361 g/mol. The lowest BCUT2D eigenvalue weighted by Gasteiger charge is -2.32. The van der Waals surface area contributed by atoms with Crippen LogP contribution in [0.5, 0.6) is 0 Å². The Morgan fingerprint density at radius 1 is 1.32 bits per heavy atom.